The molecule has 6 nitrogen and oxygen atoms in total. The van der Waals surface area contributed by atoms with Gasteiger partial charge in [0.15, 0.2) is 11.5 Å². The highest BCUT2D eigenvalue weighted by atomic mass is 16.5. The minimum atomic E-state index is -0.598. The van der Waals surface area contributed by atoms with Crippen LogP contribution < -0.4 is 0 Å². The van der Waals surface area contributed by atoms with Crippen molar-refractivity contribution in [1.82, 2.24) is 0 Å². The molecule has 1 aromatic rings. The maximum absolute atomic E-state index is 13.0. The molecular weight excluding hydrogens is 564 g/mol. The number of ether oxygens (including phenoxy) is 1. The summed E-state index contributed by atoms with van der Waals surface area (Å²) in [6, 6.07) is 4.46. The van der Waals surface area contributed by atoms with Crippen LogP contribution in [-0.2, 0) is 14.3 Å². The summed E-state index contributed by atoms with van der Waals surface area (Å²) < 4.78 is 6.16. The number of phenols is 2. The topological polar surface area (TPSA) is 104 Å². The Hall–Kier alpha value is -2.76. The summed E-state index contributed by atoms with van der Waals surface area (Å²) in [6.07, 6.45) is 12.7. The van der Waals surface area contributed by atoms with Crippen LogP contribution in [-0.4, -0.2) is 33.4 Å². The van der Waals surface area contributed by atoms with Crippen molar-refractivity contribution in [2.24, 2.45) is 56.7 Å². The third-order valence-corrected chi connectivity index (χ3v) is 15.1. The lowest BCUT2D eigenvalue weighted by molar-refractivity contribution is -0.250. The van der Waals surface area contributed by atoms with Crippen molar-refractivity contribution in [3.63, 3.8) is 0 Å². The Labute approximate surface area is 269 Å². The molecule has 0 bridgehead atoms. The quantitative estimate of drug-likeness (QED) is 0.132. The molecule has 0 radical (unpaired) electrons. The first-order valence-electron chi connectivity index (χ1n) is 17.3. The van der Waals surface area contributed by atoms with Gasteiger partial charge in [0.2, 0.25) is 0 Å². The van der Waals surface area contributed by atoms with Gasteiger partial charge in [-0.15, -0.1) is 0 Å². The molecule has 0 aromatic heterocycles. The Morgan fingerprint density at radius 1 is 0.867 bits per heavy atom. The van der Waals surface area contributed by atoms with E-state index in [-0.39, 0.29) is 51.2 Å². The van der Waals surface area contributed by atoms with E-state index in [0.29, 0.717) is 29.2 Å². The minimum Gasteiger partial charge on any atom is -0.504 e. The normalized spacial score (nSPS) is 43.4. The Morgan fingerprint density at radius 3 is 2.27 bits per heavy atom. The van der Waals surface area contributed by atoms with E-state index < -0.39 is 11.4 Å². The average molecular weight is 619 g/mol. The van der Waals surface area contributed by atoms with Gasteiger partial charge in [0.25, 0.3) is 0 Å². The molecular formula is C39H54O6. The van der Waals surface area contributed by atoms with Gasteiger partial charge in [0.1, 0.15) is 6.10 Å². The standard InChI is InChI=1S/C39H54O6/c1-23(2)25-14-19-39(34(43)44)21-20-37(6)26(33(25)39)10-12-30-36(5)17-16-31(35(3,4)29(36)15-18-38(30,37)7)45-32(42)13-9-24-8-11-27(40)28(41)22-24/h8-9,11,13,22,25-26,29-31,33,40-41H,1,10,12,14-21H2,2-7H3,(H,43,44)/b13-9+/t25-,26+,29-,30+,31+,33+,36-,37+,38+,39-/m0/s1. The second-order valence-electron chi connectivity index (χ2n) is 17.0. The van der Waals surface area contributed by atoms with E-state index in [9.17, 15) is 24.9 Å². The number of fused-ring (bicyclic) bond motifs is 7. The number of benzene rings is 1. The molecule has 3 N–H and O–H groups in total. The van der Waals surface area contributed by atoms with Gasteiger partial charge >= 0.3 is 11.9 Å². The minimum absolute atomic E-state index is 0.0898. The third kappa shape index (κ3) is 4.54. The fraction of sp³-hybridized carbons (Fsp3) is 0.692. The van der Waals surface area contributed by atoms with E-state index in [2.05, 4.69) is 48.1 Å². The van der Waals surface area contributed by atoms with Crippen LogP contribution in [0.15, 0.2) is 36.4 Å². The fourth-order valence-corrected chi connectivity index (χ4v) is 12.7. The number of allylic oxidation sites excluding steroid dienone is 1. The summed E-state index contributed by atoms with van der Waals surface area (Å²) in [5, 5.41) is 30.0. The number of carbonyl (C=O) groups is 2. The Balaban J connectivity index is 1.23. The van der Waals surface area contributed by atoms with Gasteiger partial charge in [-0.05, 0) is 141 Å². The van der Waals surface area contributed by atoms with Crippen molar-refractivity contribution in [3.05, 3.63) is 42.0 Å². The Morgan fingerprint density at radius 2 is 1.60 bits per heavy atom. The Bertz CT molecular complexity index is 1430. The second kappa shape index (κ2) is 10.6. The highest BCUT2D eigenvalue weighted by Crippen LogP contribution is 2.77. The van der Waals surface area contributed by atoms with Crippen LogP contribution in [0.1, 0.15) is 111 Å². The lowest BCUT2D eigenvalue weighted by Gasteiger charge is -2.72. The number of aromatic hydroxyl groups is 2. The van der Waals surface area contributed by atoms with Crippen molar-refractivity contribution in [2.45, 2.75) is 112 Å². The number of esters is 1. The fourth-order valence-electron chi connectivity index (χ4n) is 12.7. The summed E-state index contributed by atoms with van der Waals surface area (Å²) in [6.45, 7) is 18.7. The maximum atomic E-state index is 13.0. The van der Waals surface area contributed by atoms with Gasteiger partial charge < -0.3 is 20.1 Å². The zero-order valence-corrected chi connectivity index (χ0v) is 28.2. The first-order chi connectivity index (χ1) is 21.0. The zero-order valence-electron chi connectivity index (χ0n) is 28.2. The van der Waals surface area contributed by atoms with Gasteiger partial charge in [-0.2, -0.15) is 0 Å². The largest absolute Gasteiger partial charge is 0.504 e. The second-order valence-corrected chi connectivity index (χ2v) is 17.0. The molecule has 6 rings (SSSR count). The van der Waals surface area contributed by atoms with E-state index >= 15 is 0 Å². The zero-order chi connectivity index (χ0) is 32.7. The van der Waals surface area contributed by atoms with Crippen molar-refractivity contribution in [3.8, 4) is 11.5 Å². The Kier molecular flexibility index (Phi) is 7.61. The van der Waals surface area contributed by atoms with Crippen LogP contribution in [0.2, 0.25) is 0 Å². The van der Waals surface area contributed by atoms with Crippen LogP contribution in [0.5, 0.6) is 11.5 Å². The number of hydrogen-bond donors (Lipinski definition) is 3. The molecule has 5 saturated carbocycles. The molecule has 6 heteroatoms. The molecule has 246 valence electrons. The molecule has 0 heterocycles. The van der Waals surface area contributed by atoms with Crippen molar-refractivity contribution < 1.29 is 29.6 Å². The van der Waals surface area contributed by atoms with Crippen molar-refractivity contribution in [2.75, 3.05) is 0 Å². The molecule has 0 spiro atoms. The van der Waals surface area contributed by atoms with Crippen molar-refractivity contribution >= 4 is 18.0 Å². The lowest BCUT2D eigenvalue weighted by Crippen LogP contribution is -2.67. The SMILES string of the molecule is C=C(C)[C@@H]1CC[C@]2(C(=O)O)CC[C@]3(C)[C@H](CC[C@@H]4[C@@]5(C)CC[C@@H](OC(=O)/C=C/c6ccc(O)c(O)c6)C(C)(C)[C@@H]5CC[C@]43C)[C@@H]12. The predicted octanol–water partition coefficient (Wildman–Crippen LogP) is 8.77. The van der Waals surface area contributed by atoms with E-state index in [0.717, 1.165) is 64.2 Å². The predicted molar refractivity (Wildman–Crippen MR) is 175 cm³/mol. The summed E-state index contributed by atoms with van der Waals surface area (Å²) in [5.41, 5.74) is 1.34. The van der Waals surface area contributed by atoms with Crippen LogP contribution in [0.3, 0.4) is 0 Å². The molecule has 45 heavy (non-hydrogen) atoms. The van der Waals surface area contributed by atoms with Gasteiger partial charge in [0.05, 0.1) is 5.41 Å². The maximum Gasteiger partial charge on any atom is 0.331 e. The molecule has 5 fully saturated rings. The molecule has 1 aromatic carbocycles. The van der Waals surface area contributed by atoms with Gasteiger partial charge in [-0.1, -0.05) is 52.8 Å². The number of rotatable bonds is 5. The monoisotopic (exact) mass is 618 g/mol. The number of hydrogen-bond acceptors (Lipinski definition) is 5. The molecule has 0 unspecified atom stereocenters. The van der Waals surface area contributed by atoms with Gasteiger partial charge in [-0.3, -0.25) is 4.79 Å². The van der Waals surface area contributed by atoms with E-state index in [1.807, 2.05) is 0 Å². The number of phenolic OH excluding ortho intramolecular Hbond substituents is 2. The number of aliphatic carboxylic acids is 1. The molecule has 10 atom stereocenters. The van der Waals surface area contributed by atoms with Crippen molar-refractivity contribution in [1.29, 1.82) is 0 Å². The van der Waals surface area contributed by atoms with Crippen LogP contribution in [0.4, 0.5) is 0 Å². The number of carboxylic acid groups (broad SMARTS) is 1. The molecule has 0 saturated heterocycles. The molecule has 5 aliphatic rings. The van der Waals surface area contributed by atoms with Crippen LogP contribution in [0, 0.1) is 56.7 Å². The van der Waals surface area contributed by atoms with E-state index in [4.69, 9.17) is 4.74 Å². The summed E-state index contributed by atoms with van der Waals surface area (Å²) in [5.74, 6) is 0.473. The lowest BCUT2D eigenvalue weighted by atomic mass is 9.32. The number of carbonyl (C=O) groups excluding carboxylic acids is 1. The third-order valence-electron chi connectivity index (χ3n) is 15.1. The first kappa shape index (κ1) is 32.2. The van der Waals surface area contributed by atoms with E-state index in [1.165, 1.54) is 23.8 Å². The molecule has 5 aliphatic carbocycles. The highest BCUT2D eigenvalue weighted by Gasteiger charge is 2.72. The highest BCUT2D eigenvalue weighted by molar-refractivity contribution is 5.87. The summed E-state index contributed by atoms with van der Waals surface area (Å²) in [4.78, 5) is 25.9. The molecule has 0 amide bonds. The summed E-state index contributed by atoms with van der Waals surface area (Å²) in [7, 11) is 0. The van der Waals surface area contributed by atoms with Crippen LogP contribution in [0.25, 0.3) is 6.08 Å². The number of carboxylic acids is 1. The smallest absolute Gasteiger partial charge is 0.331 e. The van der Waals surface area contributed by atoms with Gasteiger partial charge in [0, 0.05) is 11.5 Å². The summed E-state index contributed by atoms with van der Waals surface area (Å²) >= 11 is 0. The van der Waals surface area contributed by atoms with E-state index in [1.54, 1.807) is 12.1 Å². The van der Waals surface area contributed by atoms with Gasteiger partial charge in [-0.25, -0.2) is 4.79 Å². The van der Waals surface area contributed by atoms with Crippen LogP contribution >= 0.6 is 0 Å². The average Bonchev–Trinajstić information content (AvgIpc) is 3.37. The first-order valence-corrected chi connectivity index (χ1v) is 17.3. The molecule has 0 aliphatic heterocycles.